The molecule has 5 N–H and O–H groups in total. The molecule has 0 aromatic heterocycles. The molecule has 4 atom stereocenters. The Morgan fingerprint density at radius 3 is 2.18 bits per heavy atom. The Morgan fingerprint density at radius 1 is 1.06 bits per heavy atom. The standard InChI is InChI=1S/C23H38N4O6/c1-7-11-16(25-22(32)33-23(2,3)4)19(29)20(30)24-14-17(28)26-18(21(31)27(5)6)15-12-9-8-10-13-15/h8-10,12-13,16,18-20,24,29-30H,7,11,14H2,1-6H3,(H,25,32)(H,26,28). The average molecular weight is 467 g/mol. The summed E-state index contributed by atoms with van der Waals surface area (Å²) in [6.07, 6.45) is -2.58. The van der Waals surface area contributed by atoms with Crippen molar-refractivity contribution in [2.75, 3.05) is 20.6 Å². The number of nitrogens with one attached hydrogen (secondary N) is 3. The van der Waals surface area contributed by atoms with Crippen LogP contribution >= 0.6 is 0 Å². The molecule has 0 saturated heterocycles. The van der Waals surface area contributed by atoms with Crippen LogP contribution in [0.25, 0.3) is 0 Å². The van der Waals surface area contributed by atoms with Crippen molar-refractivity contribution >= 4 is 17.9 Å². The molecule has 0 heterocycles. The van der Waals surface area contributed by atoms with Gasteiger partial charge in [0.2, 0.25) is 11.8 Å². The Balaban J connectivity index is 2.73. The Hall–Kier alpha value is -2.69. The summed E-state index contributed by atoms with van der Waals surface area (Å²) in [5.74, 6) is -0.850. The van der Waals surface area contributed by atoms with Crippen molar-refractivity contribution in [3.8, 4) is 0 Å². The zero-order valence-electron chi connectivity index (χ0n) is 20.3. The summed E-state index contributed by atoms with van der Waals surface area (Å²) in [4.78, 5) is 38.5. The van der Waals surface area contributed by atoms with Crippen LogP contribution in [-0.4, -0.2) is 77.6 Å². The van der Waals surface area contributed by atoms with Gasteiger partial charge in [-0.3, -0.25) is 14.9 Å². The molecule has 0 radical (unpaired) electrons. The average Bonchev–Trinajstić information content (AvgIpc) is 2.73. The Morgan fingerprint density at radius 2 is 1.67 bits per heavy atom. The molecule has 1 rings (SSSR count). The predicted octanol–water partition coefficient (Wildman–Crippen LogP) is 0.894. The quantitative estimate of drug-likeness (QED) is 0.305. The summed E-state index contributed by atoms with van der Waals surface area (Å²) in [7, 11) is 3.18. The van der Waals surface area contributed by atoms with Crippen molar-refractivity contribution < 1.29 is 29.3 Å². The summed E-state index contributed by atoms with van der Waals surface area (Å²) in [6.45, 7) is 6.67. The Labute approximate surface area is 195 Å². The molecule has 10 heteroatoms. The van der Waals surface area contributed by atoms with E-state index in [0.717, 1.165) is 0 Å². The SMILES string of the molecule is CCCC(NC(=O)OC(C)(C)C)C(O)C(O)NCC(=O)NC(C(=O)N(C)C)c1ccccc1. The minimum absolute atomic E-state index is 0.306. The monoisotopic (exact) mass is 466 g/mol. The first-order valence-corrected chi connectivity index (χ1v) is 11.0. The van der Waals surface area contributed by atoms with E-state index in [-0.39, 0.29) is 12.5 Å². The number of nitrogens with zero attached hydrogens (tertiary/aromatic N) is 1. The van der Waals surface area contributed by atoms with E-state index in [1.807, 2.05) is 6.92 Å². The number of likely N-dealkylation sites (N-methyl/N-ethyl adjacent to an activating group) is 1. The lowest BCUT2D eigenvalue weighted by Gasteiger charge is -2.29. The maximum Gasteiger partial charge on any atom is 0.407 e. The number of hydrogen-bond acceptors (Lipinski definition) is 7. The molecule has 4 unspecified atom stereocenters. The molecule has 3 amide bonds. The van der Waals surface area contributed by atoms with Crippen LogP contribution in [0.15, 0.2) is 30.3 Å². The van der Waals surface area contributed by atoms with Gasteiger partial charge in [0.05, 0.1) is 12.6 Å². The van der Waals surface area contributed by atoms with Gasteiger partial charge in [-0.05, 0) is 32.8 Å². The normalized spacial score (nSPS) is 15.0. The largest absolute Gasteiger partial charge is 0.444 e. The lowest BCUT2D eigenvalue weighted by molar-refractivity contribution is -0.134. The molecule has 0 bridgehead atoms. The van der Waals surface area contributed by atoms with E-state index >= 15 is 0 Å². The van der Waals surface area contributed by atoms with Crippen molar-refractivity contribution in [2.24, 2.45) is 0 Å². The maximum atomic E-state index is 12.5. The highest BCUT2D eigenvalue weighted by Gasteiger charge is 2.30. The molecule has 1 aromatic carbocycles. The van der Waals surface area contributed by atoms with Gasteiger partial charge in [0.1, 0.15) is 24.0 Å². The number of amides is 3. The molecular weight excluding hydrogens is 428 g/mol. The molecule has 0 aliphatic rings. The van der Waals surface area contributed by atoms with E-state index in [1.54, 1.807) is 65.2 Å². The second-order valence-electron chi connectivity index (χ2n) is 9.00. The van der Waals surface area contributed by atoms with Crippen molar-refractivity contribution in [3.05, 3.63) is 35.9 Å². The number of rotatable bonds is 11. The van der Waals surface area contributed by atoms with E-state index < -0.39 is 42.0 Å². The number of aliphatic hydroxyl groups excluding tert-OH is 2. The fraction of sp³-hybridized carbons (Fsp3) is 0.609. The van der Waals surface area contributed by atoms with Gasteiger partial charge in [0, 0.05) is 14.1 Å². The summed E-state index contributed by atoms with van der Waals surface area (Å²) in [5, 5.41) is 28.6. The smallest absolute Gasteiger partial charge is 0.407 e. The van der Waals surface area contributed by atoms with Crippen LogP contribution in [0.5, 0.6) is 0 Å². The lowest BCUT2D eigenvalue weighted by atomic mass is 10.0. The molecule has 0 fully saturated rings. The summed E-state index contributed by atoms with van der Waals surface area (Å²) in [5.41, 5.74) is -0.0882. The molecule has 0 spiro atoms. The zero-order chi connectivity index (χ0) is 25.2. The van der Waals surface area contributed by atoms with Crippen molar-refractivity contribution in [1.82, 2.24) is 20.9 Å². The van der Waals surface area contributed by atoms with Crippen LogP contribution in [-0.2, 0) is 14.3 Å². The molecule has 1 aromatic rings. The van der Waals surface area contributed by atoms with Crippen molar-refractivity contribution in [2.45, 2.75) is 70.6 Å². The highest BCUT2D eigenvalue weighted by Crippen LogP contribution is 2.15. The number of benzene rings is 1. The lowest BCUT2D eigenvalue weighted by Crippen LogP contribution is -2.55. The maximum absolute atomic E-state index is 12.5. The topological polar surface area (TPSA) is 140 Å². The molecular formula is C23H38N4O6. The highest BCUT2D eigenvalue weighted by molar-refractivity contribution is 5.89. The number of hydrogen-bond donors (Lipinski definition) is 5. The first kappa shape index (κ1) is 28.3. The van der Waals surface area contributed by atoms with Crippen molar-refractivity contribution in [1.29, 1.82) is 0 Å². The van der Waals surface area contributed by atoms with E-state index in [4.69, 9.17) is 4.74 Å². The number of ether oxygens (including phenoxy) is 1. The van der Waals surface area contributed by atoms with Gasteiger partial charge in [0.15, 0.2) is 0 Å². The van der Waals surface area contributed by atoms with Crippen LogP contribution in [0.1, 0.15) is 52.1 Å². The molecule has 0 aliphatic heterocycles. The van der Waals surface area contributed by atoms with Crippen LogP contribution in [0.3, 0.4) is 0 Å². The van der Waals surface area contributed by atoms with Gasteiger partial charge in [-0.2, -0.15) is 0 Å². The fourth-order valence-electron chi connectivity index (χ4n) is 3.04. The van der Waals surface area contributed by atoms with Crippen LogP contribution in [0.2, 0.25) is 0 Å². The predicted molar refractivity (Wildman–Crippen MR) is 124 cm³/mol. The fourth-order valence-corrected chi connectivity index (χ4v) is 3.04. The van der Waals surface area contributed by atoms with E-state index in [1.165, 1.54) is 4.90 Å². The molecule has 33 heavy (non-hydrogen) atoms. The first-order chi connectivity index (χ1) is 15.4. The van der Waals surface area contributed by atoms with E-state index in [0.29, 0.717) is 18.4 Å². The summed E-state index contributed by atoms with van der Waals surface area (Å²) < 4.78 is 5.21. The second kappa shape index (κ2) is 13.1. The van der Waals surface area contributed by atoms with Gasteiger partial charge >= 0.3 is 6.09 Å². The molecule has 0 saturated carbocycles. The van der Waals surface area contributed by atoms with Gasteiger partial charge in [-0.1, -0.05) is 43.7 Å². The number of carbonyl (C=O) groups excluding carboxylic acids is 3. The number of alkyl carbamates (subject to hydrolysis) is 1. The number of carbonyl (C=O) groups is 3. The second-order valence-corrected chi connectivity index (χ2v) is 9.00. The van der Waals surface area contributed by atoms with E-state index in [9.17, 15) is 24.6 Å². The van der Waals surface area contributed by atoms with Gasteiger partial charge < -0.3 is 30.5 Å². The van der Waals surface area contributed by atoms with Gasteiger partial charge in [0.25, 0.3) is 0 Å². The third kappa shape index (κ3) is 10.2. The third-order valence-electron chi connectivity index (χ3n) is 4.64. The Bertz CT molecular complexity index is 766. The summed E-state index contributed by atoms with van der Waals surface area (Å²) >= 11 is 0. The number of aliphatic hydroxyl groups is 2. The van der Waals surface area contributed by atoms with Crippen LogP contribution in [0, 0.1) is 0 Å². The van der Waals surface area contributed by atoms with Gasteiger partial charge in [-0.25, -0.2) is 4.79 Å². The Kier molecular flexibility index (Phi) is 11.3. The molecule has 0 aliphatic carbocycles. The summed E-state index contributed by atoms with van der Waals surface area (Å²) in [6, 6.07) is 7.12. The van der Waals surface area contributed by atoms with Crippen LogP contribution in [0.4, 0.5) is 4.79 Å². The highest BCUT2D eigenvalue weighted by atomic mass is 16.6. The third-order valence-corrected chi connectivity index (χ3v) is 4.64. The minimum atomic E-state index is -1.50. The van der Waals surface area contributed by atoms with Crippen LogP contribution < -0.4 is 16.0 Å². The van der Waals surface area contributed by atoms with E-state index in [2.05, 4.69) is 16.0 Å². The van der Waals surface area contributed by atoms with Crippen molar-refractivity contribution in [3.63, 3.8) is 0 Å². The first-order valence-electron chi connectivity index (χ1n) is 11.0. The zero-order valence-corrected chi connectivity index (χ0v) is 20.3. The molecule has 10 nitrogen and oxygen atoms in total. The molecule has 186 valence electrons. The van der Waals surface area contributed by atoms with Gasteiger partial charge in [-0.15, -0.1) is 0 Å². The minimum Gasteiger partial charge on any atom is -0.444 e.